The van der Waals surface area contributed by atoms with Crippen LogP contribution in [0.3, 0.4) is 0 Å². The molecule has 0 aliphatic heterocycles. The maximum Gasteiger partial charge on any atom is 0.0148 e. The van der Waals surface area contributed by atoms with E-state index in [2.05, 4.69) is 36.7 Å². The summed E-state index contributed by atoms with van der Waals surface area (Å²) in [7, 11) is 0. The van der Waals surface area contributed by atoms with Gasteiger partial charge < -0.3 is 0 Å². The molecule has 11 heavy (non-hydrogen) atoms. The first-order valence-electron chi connectivity index (χ1n) is 4.77. The molecule has 1 aliphatic rings. The molecule has 1 rings (SSSR count). The third-order valence-corrected chi connectivity index (χ3v) is 4.04. The Morgan fingerprint density at radius 1 is 1.27 bits per heavy atom. The zero-order valence-corrected chi connectivity index (χ0v) is 9.39. The van der Waals surface area contributed by atoms with Crippen LogP contribution < -0.4 is 0 Å². The van der Waals surface area contributed by atoms with Gasteiger partial charge in [-0.2, -0.15) is 0 Å². The van der Waals surface area contributed by atoms with Crippen molar-refractivity contribution in [2.75, 3.05) is 0 Å². The van der Waals surface area contributed by atoms with Crippen molar-refractivity contribution in [3.05, 3.63) is 0 Å². The number of hydrogen-bond acceptors (Lipinski definition) is 0. The molecule has 0 bridgehead atoms. The van der Waals surface area contributed by atoms with E-state index in [1.54, 1.807) is 0 Å². The molecule has 1 aliphatic carbocycles. The first-order valence-corrected chi connectivity index (χ1v) is 5.68. The van der Waals surface area contributed by atoms with Crippen molar-refractivity contribution in [2.45, 2.75) is 44.9 Å². The number of halogens is 1. The monoisotopic (exact) mass is 218 g/mol. The third-order valence-electron chi connectivity index (χ3n) is 3.36. The highest BCUT2D eigenvalue weighted by molar-refractivity contribution is 9.09. The van der Waals surface area contributed by atoms with E-state index in [1.807, 2.05) is 0 Å². The SMILES string of the molecule is CC(Br)C1CCCC(C)C1C. The summed E-state index contributed by atoms with van der Waals surface area (Å²) >= 11 is 3.70. The minimum Gasteiger partial charge on any atom is -0.0891 e. The molecule has 0 nitrogen and oxygen atoms in total. The maximum absolute atomic E-state index is 3.70. The lowest BCUT2D eigenvalue weighted by Crippen LogP contribution is -2.28. The average molecular weight is 219 g/mol. The van der Waals surface area contributed by atoms with Crippen LogP contribution in [0.25, 0.3) is 0 Å². The van der Waals surface area contributed by atoms with Crippen molar-refractivity contribution in [3.8, 4) is 0 Å². The predicted molar refractivity (Wildman–Crippen MR) is 54.1 cm³/mol. The molecular weight excluding hydrogens is 200 g/mol. The molecule has 0 N–H and O–H groups in total. The van der Waals surface area contributed by atoms with E-state index in [0.717, 1.165) is 17.8 Å². The quantitative estimate of drug-likeness (QED) is 0.588. The van der Waals surface area contributed by atoms with Crippen LogP contribution in [-0.4, -0.2) is 4.83 Å². The maximum atomic E-state index is 3.70. The van der Waals surface area contributed by atoms with Crippen molar-refractivity contribution in [1.29, 1.82) is 0 Å². The Morgan fingerprint density at radius 2 is 1.91 bits per heavy atom. The minimum absolute atomic E-state index is 0.709. The van der Waals surface area contributed by atoms with E-state index >= 15 is 0 Å². The van der Waals surface area contributed by atoms with Gasteiger partial charge in [0.1, 0.15) is 0 Å². The molecule has 0 heterocycles. The second kappa shape index (κ2) is 3.93. The molecule has 0 saturated heterocycles. The molecule has 66 valence electrons. The standard InChI is InChI=1S/C10H19Br/c1-7-5-4-6-10(8(7)2)9(3)11/h7-10H,4-6H2,1-3H3. The summed E-state index contributed by atoms with van der Waals surface area (Å²) in [5, 5.41) is 0. The smallest absolute Gasteiger partial charge is 0.0148 e. The molecule has 1 saturated carbocycles. The molecular formula is C10H19Br. The largest absolute Gasteiger partial charge is 0.0891 e. The molecule has 0 spiro atoms. The Balaban J connectivity index is 2.51. The Kier molecular flexibility index (Phi) is 3.42. The number of rotatable bonds is 1. The summed E-state index contributed by atoms with van der Waals surface area (Å²) in [6, 6.07) is 0. The van der Waals surface area contributed by atoms with Crippen molar-refractivity contribution in [1.82, 2.24) is 0 Å². The zero-order chi connectivity index (χ0) is 8.43. The Morgan fingerprint density at radius 3 is 2.36 bits per heavy atom. The van der Waals surface area contributed by atoms with E-state index in [0.29, 0.717) is 4.83 Å². The third kappa shape index (κ3) is 2.21. The van der Waals surface area contributed by atoms with E-state index in [9.17, 15) is 0 Å². The first kappa shape index (κ1) is 9.57. The topological polar surface area (TPSA) is 0 Å². The Labute approximate surface area is 78.9 Å². The van der Waals surface area contributed by atoms with Crippen LogP contribution >= 0.6 is 15.9 Å². The van der Waals surface area contributed by atoms with Gasteiger partial charge in [0, 0.05) is 4.83 Å². The molecule has 4 atom stereocenters. The predicted octanol–water partition coefficient (Wildman–Crippen LogP) is 3.84. The van der Waals surface area contributed by atoms with Crippen molar-refractivity contribution in [3.63, 3.8) is 0 Å². The van der Waals surface area contributed by atoms with E-state index in [4.69, 9.17) is 0 Å². The van der Waals surface area contributed by atoms with Gasteiger partial charge in [-0.25, -0.2) is 0 Å². The van der Waals surface area contributed by atoms with Crippen LogP contribution in [0.5, 0.6) is 0 Å². The van der Waals surface area contributed by atoms with Crippen LogP contribution in [0.4, 0.5) is 0 Å². The summed E-state index contributed by atoms with van der Waals surface area (Å²) in [6.07, 6.45) is 4.31. The summed E-state index contributed by atoms with van der Waals surface area (Å²) in [4.78, 5) is 0.709. The molecule has 4 unspecified atom stereocenters. The molecule has 0 amide bonds. The normalized spacial score (nSPS) is 42.0. The summed E-state index contributed by atoms with van der Waals surface area (Å²) in [6.45, 7) is 7.09. The van der Waals surface area contributed by atoms with Crippen molar-refractivity contribution < 1.29 is 0 Å². The van der Waals surface area contributed by atoms with Gasteiger partial charge in [-0.3, -0.25) is 0 Å². The second-order valence-corrected chi connectivity index (χ2v) is 5.55. The van der Waals surface area contributed by atoms with Gasteiger partial charge >= 0.3 is 0 Å². The summed E-state index contributed by atoms with van der Waals surface area (Å²) in [5.41, 5.74) is 0. The molecule has 0 radical (unpaired) electrons. The fourth-order valence-corrected chi connectivity index (χ4v) is 3.02. The van der Waals surface area contributed by atoms with E-state index in [1.165, 1.54) is 19.3 Å². The Bertz CT molecular complexity index is 120. The van der Waals surface area contributed by atoms with Crippen molar-refractivity contribution >= 4 is 15.9 Å². The Hall–Kier alpha value is 0.480. The molecule has 0 aromatic rings. The van der Waals surface area contributed by atoms with Crippen LogP contribution in [0.1, 0.15) is 40.0 Å². The molecule has 1 heteroatoms. The number of hydrogen-bond donors (Lipinski definition) is 0. The van der Waals surface area contributed by atoms with Crippen molar-refractivity contribution in [2.24, 2.45) is 17.8 Å². The van der Waals surface area contributed by atoms with Crippen LogP contribution in [0, 0.1) is 17.8 Å². The average Bonchev–Trinajstić information content (AvgIpc) is 1.94. The highest BCUT2D eigenvalue weighted by Crippen LogP contribution is 2.38. The first-order chi connectivity index (χ1) is 5.13. The van der Waals surface area contributed by atoms with Gasteiger partial charge in [-0.1, -0.05) is 49.5 Å². The molecule has 1 fully saturated rings. The van der Waals surface area contributed by atoms with Gasteiger partial charge in [0.25, 0.3) is 0 Å². The highest BCUT2D eigenvalue weighted by atomic mass is 79.9. The van der Waals surface area contributed by atoms with Crippen LogP contribution in [-0.2, 0) is 0 Å². The van der Waals surface area contributed by atoms with Gasteiger partial charge in [-0.05, 0) is 24.2 Å². The van der Waals surface area contributed by atoms with E-state index < -0.39 is 0 Å². The van der Waals surface area contributed by atoms with Crippen LogP contribution in [0.2, 0.25) is 0 Å². The van der Waals surface area contributed by atoms with Gasteiger partial charge in [0.2, 0.25) is 0 Å². The summed E-state index contributed by atoms with van der Waals surface area (Å²) in [5.74, 6) is 2.77. The highest BCUT2D eigenvalue weighted by Gasteiger charge is 2.29. The lowest BCUT2D eigenvalue weighted by Gasteiger charge is -2.35. The number of alkyl halides is 1. The zero-order valence-electron chi connectivity index (χ0n) is 7.81. The fourth-order valence-electron chi connectivity index (χ4n) is 2.27. The molecule has 0 aromatic heterocycles. The van der Waals surface area contributed by atoms with Gasteiger partial charge in [0.05, 0.1) is 0 Å². The molecule has 0 aromatic carbocycles. The second-order valence-electron chi connectivity index (χ2n) is 4.11. The lowest BCUT2D eigenvalue weighted by molar-refractivity contribution is 0.184. The van der Waals surface area contributed by atoms with Gasteiger partial charge in [0.15, 0.2) is 0 Å². The fraction of sp³-hybridized carbons (Fsp3) is 1.00. The minimum atomic E-state index is 0.709. The van der Waals surface area contributed by atoms with E-state index in [-0.39, 0.29) is 0 Å². The lowest BCUT2D eigenvalue weighted by atomic mass is 9.73. The van der Waals surface area contributed by atoms with Crippen LogP contribution in [0.15, 0.2) is 0 Å². The van der Waals surface area contributed by atoms with Gasteiger partial charge in [-0.15, -0.1) is 0 Å². The summed E-state index contributed by atoms with van der Waals surface area (Å²) < 4.78 is 0.